The molecular formula is C18H28O2. The maximum atomic E-state index is 9.54. The molecule has 0 aromatic heterocycles. The lowest BCUT2D eigenvalue weighted by Crippen LogP contribution is -1.87. The van der Waals surface area contributed by atoms with Crippen molar-refractivity contribution in [3.8, 4) is 11.5 Å². The normalized spacial score (nSPS) is 12.3. The predicted molar refractivity (Wildman–Crippen MR) is 86.0 cm³/mol. The maximum Gasteiger partial charge on any atom is 0.119 e. The molecule has 0 aliphatic heterocycles. The Labute approximate surface area is 123 Å². The van der Waals surface area contributed by atoms with Crippen molar-refractivity contribution in [1.82, 2.24) is 0 Å². The van der Waals surface area contributed by atoms with Crippen molar-refractivity contribution in [2.75, 3.05) is 0 Å². The van der Waals surface area contributed by atoms with Gasteiger partial charge >= 0.3 is 0 Å². The minimum Gasteiger partial charge on any atom is -0.508 e. The van der Waals surface area contributed by atoms with Gasteiger partial charge in [-0.3, -0.25) is 0 Å². The lowest BCUT2D eigenvalue weighted by atomic mass is 9.97. The van der Waals surface area contributed by atoms with Gasteiger partial charge in [-0.15, -0.1) is 0 Å². The molecule has 0 saturated heterocycles. The predicted octanol–water partition coefficient (Wildman–Crippen LogP) is 5.64. The number of rotatable bonds is 8. The van der Waals surface area contributed by atoms with Crippen LogP contribution in [0.2, 0.25) is 0 Å². The van der Waals surface area contributed by atoms with Gasteiger partial charge in [0.2, 0.25) is 0 Å². The van der Waals surface area contributed by atoms with Gasteiger partial charge in [0.1, 0.15) is 11.5 Å². The van der Waals surface area contributed by atoms with Crippen LogP contribution in [0.15, 0.2) is 23.8 Å². The summed E-state index contributed by atoms with van der Waals surface area (Å²) in [6.45, 7) is 6.43. The van der Waals surface area contributed by atoms with E-state index in [1.54, 1.807) is 12.1 Å². The smallest absolute Gasteiger partial charge is 0.119 e. The number of hydrogen-bond donors (Lipinski definition) is 2. The second-order valence-electron chi connectivity index (χ2n) is 5.66. The Bertz CT molecular complexity index is 426. The quantitative estimate of drug-likeness (QED) is 0.603. The molecule has 0 amide bonds. The van der Waals surface area contributed by atoms with E-state index in [4.69, 9.17) is 0 Å². The number of phenolic OH excluding ortho intramolecular Hbond substituents is 2. The maximum absolute atomic E-state index is 9.54. The molecule has 20 heavy (non-hydrogen) atoms. The second kappa shape index (κ2) is 8.68. The Balaban J connectivity index is 2.52. The van der Waals surface area contributed by atoms with E-state index in [0.717, 1.165) is 17.6 Å². The molecule has 1 aromatic rings. The van der Waals surface area contributed by atoms with Gasteiger partial charge in [-0.2, -0.15) is 0 Å². The molecular weight excluding hydrogens is 248 g/mol. The van der Waals surface area contributed by atoms with E-state index in [9.17, 15) is 10.2 Å². The zero-order chi connectivity index (χ0) is 15.0. The summed E-state index contributed by atoms with van der Waals surface area (Å²) in [5, 5.41) is 19.1. The fraction of sp³-hybridized carbons (Fsp3) is 0.556. The van der Waals surface area contributed by atoms with E-state index in [0.29, 0.717) is 0 Å². The van der Waals surface area contributed by atoms with Gasteiger partial charge in [0.05, 0.1) is 0 Å². The molecule has 0 aliphatic rings. The SMILES string of the molecule is CCCCCCCC/C(C)=C(\C)c1cc(O)cc(O)c1. The molecule has 0 fully saturated rings. The molecule has 2 nitrogen and oxygen atoms in total. The van der Waals surface area contributed by atoms with Gasteiger partial charge in [-0.25, -0.2) is 0 Å². The molecule has 0 radical (unpaired) electrons. The number of phenols is 2. The molecule has 1 aromatic carbocycles. The molecule has 0 saturated carbocycles. The number of benzene rings is 1. The second-order valence-corrected chi connectivity index (χ2v) is 5.66. The third-order valence-electron chi connectivity index (χ3n) is 3.88. The Hall–Kier alpha value is -1.44. The highest BCUT2D eigenvalue weighted by Gasteiger charge is 2.04. The van der Waals surface area contributed by atoms with E-state index < -0.39 is 0 Å². The Morgan fingerprint density at radius 2 is 1.40 bits per heavy atom. The van der Waals surface area contributed by atoms with E-state index >= 15 is 0 Å². The first-order chi connectivity index (χ1) is 9.54. The molecule has 2 N–H and O–H groups in total. The fourth-order valence-electron chi connectivity index (χ4n) is 2.42. The third kappa shape index (κ3) is 5.68. The number of allylic oxidation sites excluding steroid dienone is 2. The standard InChI is InChI=1S/C18H28O2/c1-4-5-6-7-8-9-10-14(2)15(3)16-11-17(19)13-18(20)12-16/h11-13,19-20H,4-10H2,1-3H3/b15-14+. The summed E-state index contributed by atoms with van der Waals surface area (Å²) in [6, 6.07) is 4.78. The Morgan fingerprint density at radius 3 is 2.00 bits per heavy atom. The van der Waals surface area contributed by atoms with Crippen molar-refractivity contribution in [1.29, 1.82) is 0 Å². The van der Waals surface area contributed by atoms with Crippen LogP contribution in [0.4, 0.5) is 0 Å². The van der Waals surface area contributed by atoms with E-state index in [-0.39, 0.29) is 11.5 Å². The molecule has 0 aliphatic carbocycles. The van der Waals surface area contributed by atoms with Gasteiger partial charge in [0.15, 0.2) is 0 Å². The van der Waals surface area contributed by atoms with Crippen LogP contribution in [-0.4, -0.2) is 10.2 Å². The van der Waals surface area contributed by atoms with Crippen molar-refractivity contribution >= 4 is 5.57 Å². The summed E-state index contributed by atoms with van der Waals surface area (Å²) < 4.78 is 0. The lowest BCUT2D eigenvalue weighted by molar-refractivity contribution is 0.450. The van der Waals surface area contributed by atoms with Crippen LogP contribution < -0.4 is 0 Å². The molecule has 2 heteroatoms. The van der Waals surface area contributed by atoms with Crippen molar-refractivity contribution in [3.05, 3.63) is 29.3 Å². The van der Waals surface area contributed by atoms with Crippen molar-refractivity contribution < 1.29 is 10.2 Å². The molecule has 0 unspecified atom stereocenters. The van der Waals surface area contributed by atoms with E-state index in [1.165, 1.54) is 50.2 Å². The third-order valence-corrected chi connectivity index (χ3v) is 3.88. The Morgan fingerprint density at radius 1 is 0.850 bits per heavy atom. The average Bonchev–Trinajstić information content (AvgIpc) is 2.40. The molecule has 0 spiro atoms. The highest BCUT2D eigenvalue weighted by Crippen LogP contribution is 2.28. The molecule has 112 valence electrons. The number of aromatic hydroxyl groups is 2. The summed E-state index contributed by atoms with van der Waals surface area (Å²) in [4.78, 5) is 0. The summed E-state index contributed by atoms with van der Waals surface area (Å²) in [5.41, 5.74) is 3.40. The van der Waals surface area contributed by atoms with Crippen LogP contribution in [0.1, 0.15) is 71.3 Å². The molecule has 0 atom stereocenters. The highest BCUT2D eigenvalue weighted by molar-refractivity contribution is 5.68. The van der Waals surface area contributed by atoms with Crippen molar-refractivity contribution in [2.24, 2.45) is 0 Å². The summed E-state index contributed by atoms with van der Waals surface area (Å²) in [7, 11) is 0. The molecule has 0 bridgehead atoms. The van der Waals surface area contributed by atoms with Crippen LogP contribution in [-0.2, 0) is 0 Å². The molecule has 1 rings (SSSR count). The van der Waals surface area contributed by atoms with E-state index in [2.05, 4.69) is 20.8 Å². The first-order valence-electron chi connectivity index (χ1n) is 7.74. The summed E-state index contributed by atoms with van der Waals surface area (Å²) in [5.74, 6) is 0.235. The van der Waals surface area contributed by atoms with E-state index in [1.807, 2.05) is 0 Å². The van der Waals surface area contributed by atoms with Crippen LogP contribution in [0.5, 0.6) is 11.5 Å². The largest absolute Gasteiger partial charge is 0.508 e. The fourth-order valence-corrected chi connectivity index (χ4v) is 2.42. The van der Waals surface area contributed by atoms with Crippen LogP contribution in [0.3, 0.4) is 0 Å². The lowest BCUT2D eigenvalue weighted by Gasteiger charge is -2.09. The molecule has 0 heterocycles. The van der Waals surface area contributed by atoms with Gasteiger partial charge in [0.25, 0.3) is 0 Å². The van der Waals surface area contributed by atoms with Gasteiger partial charge in [0, 0.05) is 6.07 Å². The monoisotopic (exact) mass is 276 g/mol. The van der Waals surface area contributed by atoms with Crippen molar-refractivity contribution in [2.45, 2.75) is 65.7 Å². The minimum absolute atomic E-state index is 0.117. The van der Waals surface area contributed by atoms with Gasteiger partial charge in [-0.1, -0.05) is 44.6 Å². The first-order valence-corrected chi connectivity index (χ1v) is 7.74. The zero-order valence-corrected chi connectivity index (χ0v) is 13.1. The summed E-state index contributed by atoms with van der Waals surface area (Å²) in [6.07, 6.45) is 8.91. The summed E-state index contributed by atoms with van der Waals surface area (Å²) >= 11 is 0. The van der Waals surface area contributed by atoms with Gasteiger partial charge in [-0.05, 0) is 50.0 Å². The topological polar surface area (TPSA) is 40.5 Å². The number of hydrogen-bond acceptors (Lipinski definition) is 2. The van der Waals surface area contributed by atoms with Crippen molar-refractivity contribution in [3.63, 3.8) is 0 Å². The van der Waals surface area contributed by atoms with Crippen LogP contribution in [0, 0.1) is 0 Å². The van der Waals surface area contributed by atoms with Crippen LogP contribution in [0.25, 0.3) is 5.57 Å². The zero-order valence-electron chi connectivity index (χ0n) is 13.1. The average molecular weight is 276 g/mol. The highest BCUT2D eigenvalue weighted by atomic mass is 16.3. The Kier molecular flexibility index (Phi) is 7.21. The van der Waals surface area contributed by atoms with Crippen LogP contribution >= 0.6 is 0 Å². The minimum atomic E-state index is 0.117. The van der Waals surface area contributed by atoms with Gasteiger partial charge < -0.3 is 10.2 Å². The number of unbranched alkanes of at least 4 members (excludes halogenated alkanes) is 5. The first kappa shape index (κ1) is 16.6.